The minimum absolute atomic E-state index is 0.147. The van der Waals surface area contributed by atoms with Crippen molar-refractivity contribution in [2.75, 3.05) is 19.6 Å². The lowest BCUT2D eigenvalue weighted by Gasteiger charge is -2.43. The van der Waals surface area contributed by atoms with Crippen LogP contribution in [0.15, 0.2) is 0 Å². The molecule has 0 radical (unpaired) electrons. The fraction of sp³-hybridized carbons (Fsp3) is 0.929. The molecule has 0 aromatic rings. The van der Waals surface area contributed by atoms with Crippen molar-refractivity contribution < 1.29 is 4.79 Å². The Hall–Kier alpha value is -0.610. The zero-order valence-corrected chi connectivity index (χ0v) is 11.3. The highest BCUT2D eigenvalue weighted by molar-refractivity contribution is 5.73. The van der Waals surface area contributed by atoms with Gasteiger partial charge in [0.05, 0.1) is 0 Å². The number of primary amides is 1. The number of piperidine rings is 1. The standard InChI is InChI=1S/C14H27N3O/c15-10-12-3-1-2-4-13(12)17-7-5-11(6-8-17)9-14(16)18/h11-13H,1-10,15H2,(H2,16,18). The summed E-state index contributed by atoms with van der Waals surface area (Å²) in [7, 11) is 0. The molecule has 104 valence electrons. The van der Waals surface area contributed by atoms with Gasteiger partial charge in [0, 0.05) is 12.5 Å². The Bertz CT molecular complexity index is 274. The van der Waals surface area contributed by atoms with Crippen LogP contribution in [0.2, 0.25) is 0 Å². The molecule has 1 aliphatic carbocycles. The second-order valence-corrected chi connectivity index (χ2v) is 6.00. The maximum atomic E-state index is 10.9. The number of nitrogens with zero attached hydrogens (tertiary/aromatic N) is 1. The number of hydrogen-bond acceptors (Lipinski definition) is 3. The molecule has 1 saturated heterocycles. The fourth-order valence-electron chi connectivity index (χ4n) is 3.72. The molecule has 1 aliphatic heterocycles. The van der Waals surface area contributed by atoms with Crippen molar-refractivity contribution in [3.8, 4) is 0 Å². The van der Waals surface area contributed by atoms with Gasteiger partial charge >= 0.3 is 0 Å². The molecule has 4 heteroatoms. The highest BCUT2D eigenvalue weighted by atomic mass is 16.1. The fourth-order valence-corrected chi connectivity index (χ4v) is 3.72. The highest BCUT2D eigenvalue weighted by Gasteiger charge is 2.31. The van der Waals surface area contributed by atoms with Crippen molar-refractivity contribution in [3.63, 3.8) is 0 Å². The summed E-state index contributed by atoms with van der Waals surface area (Å²) in [6, 6.07) is 0.693. The van der Waals surface area contributed by atoms with E-state index < -0.39 is 0 Å². The molecule has 2 atom stereocenters. The summed E-state index contributed by atoms with van der Waals surface area (Å²) in [6.45, 7) is 3.07. The van der Waals surface area contributed by atoms with Crippen LogP contribution in [0.25, 0.3) is 0 Å². The van der Waals surface area contributed by atoms with Gasteiger partial charge < -0.3 is 16.4 Å². The average Bonchev–Trinajstić information content (AvgIpc) is 2.39. The summed E-state index contributed by atoms with van der Waals surface area (Å²) in [4.78, 5) is 13.6. The van der Waals surface area contributed by atoms with E-state index in [1.165, 1.54) is 25.7 Å². The van der Waals surface area contributed by atoms with Crippen molar-refractivity contribution >= 4 is 5.91 Å². The van der Waals surface area contributed by atoms with E-state index in [9.17, 15) is 4.79 Å². The smallest absolute Gasteiger partial charge is 0.217 e. The molecule has 2 unspecified atom stereocenters. The van der Waals surface area contributed by atoms with E-state index >= 15 is 0 Å². The average molecular weight is 253 g/mol. The maximum Gasteiger partial charge on any atom is 0.217 e. The van der Waals surface area contributed by atoms with Gasteiger partial charge in [-0.2, -0.15) is 0 Å². The van der Waals surface area contributed by atoms with Gasteiger partial charge in [-0.3, -0.25) is 4.79 Å². The minimum atomic E-state index is -0.147. The molecule has 4 N–H and O–H groups in total. The van der Waals surface area contributed by atoms with Gasteiger partial charge in [0.25, 0.3) is 0 Å². The number of carbonyl (C=O) groups excluding carboxylic acids is 1. The first-order chi connectivity index (χ1) is 8.70. The highest BCUT2D eigenvalue weighted by Crippen LogP contribution is 2.31. The van der Waals surface area contributed by atoms with Crippen molar-refractivity contribution in [1.29, 1.82) is 0 Å². The normalized spacial score (nSPS) is 31.4. The Morgan fingerprint density at radius 3 is 2.39 bits per heavy atom. The van der Waals surface area contributed by atoms with Gasteiger partial charge in [-0.05, 0) is 57.2 Å². The minimum Gasteiger partial charge on any atom is -0.370 e. The maximum absolute atomic E-state index is 10.9. The summed E-state index contributed by atoms with van der Waals surface area (Å²) in [5.41, 5.74) is 11.2. The lowest BCUT2D eigenvalue weighted by atomic mass is 9.82. The van der Waals surface area contributed by atoms with Crippen LogP contribution < -0.4 is 11.5 Å². The molecule has 1 amide bonds. The predicted molar refractivity (Wildman–Crippen MR) is 72.9 cm³/mol. The largest absolute Gasteiger partial charge is 0.370 e. The van der Waals surface area contributed by atoms with Gasteiger partial charge in [0.15, 0.2) is 0 Å². The molecule has 18 heavy (non-hydrogen) atoms. The Balaban J connectivity index is 1.82. The molecular formula is C14H27N3O. The molecule has 4 nitrogen and oxygen atoms in total. The molecule has 0 spiro atoms. The molecule has 0 bridgehead atoms. The van der Waals surface area contributed by atoms with E-state index in [1.54, 1.807) is 0 Å². The SMILES string of the molecule is NCC1CCCCC1N1CCC(CC(N)=O)CC1. The van der Waals surface area contributed by atoms with E-state index in [0.717, 1.165) is 32.5 Å². The second-order valence-electron chi connectivity index (χ2n) is 6.00. The van der Waals surface area contributed by atoms with E-state index in [-0.39, 0.29) is 5.91 Å². The summed E-state index contributed by atoms with van der Waals surface area (Å²) in [5.74, 6) is 1.05. The predicted octanol–water partition coefficient (Wildman–Crippen LogP) is 1.09. The summed E-state index contributed by atoms with van der Waals surface area (Å²) in [5, 5.41) is 0. The molecule has 2 aliphatic rings. The van der Waals surface area contributed by atoms with Crippen LogP contribution in [0.5, 0.6) is 0 Å². The molecule has 0 aromatic carbocycles. The Morgan fingerprint density at radius 1 is 1.11 bits per heavy atom. The zero-order valence-electron chi connectivity index (χ0n) is 11.3. The Kier molecular flexibility index (Phi) is 5.01. The van der Waals surface area contributed by atoms with E-state index in [2.05, 4.69) is 4.90 Å². The van der Waals surface area contributed by atoms with Crippen molar-refractivity contribution in [2.45, 2.75) is 51.0 Å². The van der Waals surface area contributed by atoms with Crippen LogP contribution in [0, 0.1) is 11.8 Å². The van der Waals surface area contributed by atoms with Crippen LogP contribution in [-0.4, -0.2) is 36.5 Å². The molecule has 1 saturated carbocycles. The molecule has 2 rings (SSSR count). The van der Waals surface area contributed by atoms with Gasteiger partial charge in [0.1, 0.15) is 0 Å². The number of likely N-dealkylation sites (tertiary alicyclic amines) is 1. The van der Waals surface area contributed by atoms with Crippen molar-refractivity contribution in [1.82, 2.24) is 4.90 Å². The third-order valence-corrected chi connectivity index (χ3v) is 4.78. The monoisotopic (exact) mass is 253 g/mol. The lowest BCUT2D eigenvalue weighted by Crippen LogP contribution is -2.48. The van der Waals surface area contributed by atoms with Crippen LogP contribution in [0.3, 0.4) is 0 Å². The number of carbonyl (C=O) groups is 1. The summed E-state index contributed by atoms with van der Waals surface area (Å²) >= 11 is 0. The quantitative estimate of drug-likeness (QED) is 0.788. The molecule has 1 heterocycles. The number of amides is 1. The first-order valence-electron chi connectivity index (χ1n) is 7.43. The van der Waals surface area contributed by atoms with Crippen LogP contribution in [0.1, 0.15) is 44.9 Å². The molecular weight excluding hydrogens is 226 g/mol. The summed E-state index contributed by atoms with van der Waals surface area (Å²) < 4.78 is 0. The van der Waals surface area contributed by atoms with Crippen LogP contribution >= 0.6 is 0 Å². The van der Waals surface area contributed by atoms with E-state index in [0.29, 0.717) is 24.3 Å². The van der Waals surface area contributed by atoms with E-state index in [4.69, 9.17) is 11.5 Å². The van der Waals surface area contributed by atoms with Crippen LogP contribution in [0.4, 0.5) is 0 Å². The number of hydrogen-bond donors (Lipinski definition) is 2. The summed E-state index contributed by atoms with van der Waals surface area (Å²) in [6.07, 6.45) is 8.11. The first-order valence-corrected chi connectivity index (χ1v) is 7.43. The van der Waals surface area contributed by atoms with Crippen LogP contribution in [-0.2, 0) is 4.79 Å². The third kappa shape index (κ3) is 3.45. The van der Waals surface area contributed by atoms with Gasteiger partial charge in [-0.1, -0.05) is 12.8 Å². The molecule has 2 fully saturated rings. The topological polar surface area (TPSA) is 72.3 Å². The molecule has 0 aromatic heterocycles. The third-order valence-electron chi connectivity index (χ3n) is 4.78. The van der Waals surface area contributed by atoms with Crippen molar-refractivity contribution in [2.24, 2.45) is 23.3 Å². The number of nitrogens with two attached hydrogens (primary N) is 2. The van der Waals surface area contributed by atoms with Gasteiger partial charge in [0.2, 0.25) is 5.91 Å². The Labute approximate surface area is 110 Å². The lowest BCUT2D eigenvalue weighted by molar-refractivity contribution is -0.119. The Morgan fingerprint density at radius 2 is 1.78 bits per heavy atom. The van der Waals surface area contributed by atoms with E-state index in [1.807, 2.05) is 0 Å². The van der Waals surface area contributed by atoms with Gasteiger partial charge in [-0.15, -0.1) is 0 Å². The second kappa shape index (κ2) is 6.53. The zero-order chi connectivity index (χ0) is 13.0. The first kappa shape index (κ1) is 13.8. The van der Waals surface area contributed by atoms with Crippen molar-refractivity contribution in [3.05, 3.63) is 0 Å². The number of rotatable bonds is 4. The van der Waals surface area contributed by atoms with Gasteiger partial charge in [-0.25, -0.2) is 0 Å².